The van der Waals surface area contributed by atoms with Crippen LogP contribution in [0.15, 0.2) is 12.5 Å². The lowest BCUT2D eigenvalue weighted by Crippen LogP contribution is -2.45. The fraction of sp³-hybridized carbons (Fsp3) is 0.526. The summed E-state index contributed by atoms with van der Waals surface area (Å²) in [7, 11) is 0. The van der Waals surface area contributed by atoms with E-state index in [0.717, 1.165) is 17.4 Å². The normalized spacial score (nSPS) is 23.7. The van der Waals surface area contributed by atoms with Crippen LogP contribution in [0, 0.1) is 0 Å². The van der Waals surface area contributed by atoms with Gasteiger partial charge in [0, 0.05) is 12.7 Å². The van der Waals surface area contributed by atoms with E-state index in [1.54, 1.807) is 11.8 Å². The minimum absolute atomic E-state index is 0.0472. The molecule has 4 heterocycles. The molecule has 4 rings (SSSR count). The van der Waals surface area contributed by atoms with Crippen molar-refractivity contribution in [3.63, 3.8) is 0 Å². The second-order valence-electron chi connectivity index (χ2n) is 7.72. The van der Waals surface area contributed by atoms with Gasteiger partial charge in [0.15, 0.2) is 11.5 Å². The van der Waals surface area contributed by atoms with Gasteiger partial charge in [-0.3, -0.25) is 4.90 Å². The number of aliphatic hydroxyl groups is 1. The molecule has 11 nitrogen and oxygen atoms in total. The third kappa shape index (κ3) is 4.11. The number of carbonyl (C=O) groups is 1. The zero-order chi connectivity index (χ0) is 23.9. The predicted molar refractivity (Wildman–Crippen MR) is 109 cm³/mol. The first-order valence-corrected chi connectivity index (χ1v) is 10.1. The van der Waals surface area contributed by atoms with Gasteiger partial charge in [0.05, 0.1) is 31.4 Å². The van der Waals surface area contributed by atoms with Crippen molar-refractivity contribution in [3.8, 4) is 11.3 Å². The molecule has 0 saturated carbocycles. The monoisotopic (exact) mass is 469 g/mol. The van der Waals surface area contributed by atoms with E-state index >= 15 is 0 Å². The third-order valence-corrected chi connectivity index (χ3v) is 5.55. The topological polar surface area (TPSA) is 140 Å². The molecule has 2 aromatic rings. The van der Waals surface area contributed by atoms with Gasteiger partial charge in [-0.05, 0) is 13.8 Å². The number of anilines is 3. The van der Waals surface area contributed by atoms with Gasteiger partial charge in [0.1, 0.15) is 29.9 Å². The molecule has 0 unspecified atom stereocenters. The number of morpholine rings is 1. The Morgan fingerprint density at radius 3 is 2.73 bits per heavy atom. The van der Waals surface area contributed by atoms with Crippen molar-refractivity contribution in [2.75, 3.05) is 41.9 Å². The van der Waals surface area contributed by atoms with Gasteiger partial charge < -0.3 is 25.2 Å². The van der Waals surface area contributed by atoms with Crippen molar-refractivity contribution < 1.29 is 32.5 Å². The van der Waals surface area contributed by atoms with E-state index in [9.17, 15) is 23.1 Å². The summed E-state index contributed by atoms with van der Waals surface area (Å²) in [6, 6.07) is -1.04. The SMILES string of the molecule is C[C@H]1OC(=O)N(c2nc(N3CCOC[C@@H]3C)nc(-c3cncnc3C(F)(F)F)c2N)[C@H]1CO. The summed E-state index contributed by atoms with van der Waals surface area (Å²) in [5, 5.41) is 9.82. The average Bonchev–Trinajstić information content (AvgIpc) is 3.06. The van der Waals surface area contributed by atoms with Crippen molar-refractivity contribution in [1.82, 2.24) is 19.9 Å². The van der Waals surface area contributed by atoms with Crippen molar-refractivity contribution in [2.24, 2.45) is 0 Å². The minimum Gasteiger partial charge on any atom is -0.444 e. The van der Waals surface area contributed by atoms with Gasteiger partial charge >= 0.3 is 12.3 Å². The van der Waals surface area contributed by atoms with E-state index in [0.29, 0.717) is 19.8 Å². The number of hydrogen-bond donors (Lipinski definition) is 2. The van der Waals surface area contributed by atoms with E-state index in [-0.39, 0.29) is 29.2 Å². The lowest BCUT2D eigenvalue weighted by atomic mass is 10.1. The largest absolute Gasteiger partial charge is 0.444 e. The second kappa shape index (κ2) is 8.59. The van der Waals surface area contributed by atoms with Crippen molar-refractivity contribution in [3.05, 3.63) is 18.2 Å². The summed E-state index contributed by atoms with van der Waals surface area (Å²) in [5.41, 5.74) is 3.96. The Kier molecular flexibility index (Phi) is 5.97. The number of rotatable bonds is 4. The van der Waals surface area contributed by atoms with E-state index in [4.69, 9.17) is 15.2 Å². The highest BCUT2D eigenvalue weighted by atomic mass is 19.4. The number of aromatic nitrogens is 4. The standard InChI is InChI=1S/C19H22F3N7O4/c1-9-7-32-4-3-28(9)17-26-14(11-5-24-8-25-15(11)19(20,21)22)13(23)16(27-17)29-12(6-30)10(2)33-18(29)31/h5,8-10,12,30H,3-4,6-7,23H2,1-2H3/t9-,10+,12-/m0/s1. The number of amides is 1. The first-order chi connectivity index (χ1) is 15.6. The summed E-state index contributed by atoms with van der Waals surface area (Å²) in [5.74, 6) is -0.120. The van der Waals surface area contributed by atoms with Crippen LogP contribution in [0.1, 0.15) is 19.5 Å². The number of alkyl halides is 3. The zero-order valence-electron chi connectivity index (χ0n) is 17.8. The molecule has 2 aliphatic heterocycles. The van der Waals surface area contributed by atoms with Gasteiger partial charge in [-0.1, -0.05) is 0 Å². The molecule has 0 aromatic carbocycles. The maximum Gasteiger partial charge on any atom is 0.434 e. The Labute approximate surface area is 186 Å². The summed E-state index contributed by atoms with van der Waals surface area (Å²) in [6.07, 6.45) is -4.61. The van der Waals surface area contributed by atoms with Crippen LogP contribution in [-0.4, -0.2) is 75.7 Å². The molecular weight excluding hydrogens is 447 g/mol. The second-order valence-corrected chi connectivity index (χ2v) is 7.72. The first kappa shape index (κ1) is 22.9. The quantitative estimate of drug-likeness (QED) is 0.676. The molecule has 2 aliphatic rings. The highest BCUT2D eigenvalue weighted by Crippen LogP contribution is 2.41. The van der Waals surface area contributed by atoms with Crippen LogP contribution in [0.3, 0.4) is 0 Å². The van der Waals surface area contributed by atoms with E-state index in [1.165, 1.54) is 0 Å². The van der Waals surface area contributed by atoms with E-state index in [2.05, 4.69) is 19.9 Å². The van der Waals surface area contributed by atoms with Gasteiger partial charge in [-0.2, -0.15) is 18.2 Å². The number of hydrogen-bond acceptors (Lipinski definition) is 10. The van der Waals surface area contributed by atoms with Crippen molar-refractivity contribution in [1.29, 1.82) is 0 Å². The Morgan fingerprint density at radius 2 is 2.06 bits per heavy atom. The molecule has 2 fully saturated rings. The zero-order valence-corrected chi connectivity index (χ0v) is 17.8. The summed E-state index contributed by atoms with van der Waals surface area (Å²) < 4.78 is 51.7. The Bertz CT molecular complexity index is 1050. The lowest BCUT2D eigenvalue weighted by Gasteiger charge is -2.34. The van der Waals surface area contributed by atoms with Gasteiger partial charge in [0.2, 0.25) is 5.95 Å². The van der Waals surface area contributed by atoms with Crippen LogP contribution in [0.5, 0.6) is 0 Å². The summed E-state index contributed by atoms with van der Waals surface area (Å²) in [6.45, 7) is 4.02. The van der Waals surface area contributed by atoms with E-state index < -0.39 is 42.3 Å². The van der Waals surface area contributed by atoms with Crippen LogP contribution in [0.4, 0.5) is 35.4 Å². The third-order valence-electron chi connectivity index (χ3n) is 5.55. The molecule has 0 bridgehead atoms. The fourth-order valence-corrected chi connectivity index (χ4v) is 3.83. The molecule has 2 saturated heterocycles. The highest BCUT2D eigenvalue weighted by Gasteiger charge is 2.43. The minimum atomic E-state index is -4.81. The van der Waals surface area contributed by atoms with Gasteiger partial charge in [0.25, 0.3) is 0 Å². The van der Waals surface area contributed by atoms with Crippen LogP contribution in [0.25, 0.3) is 11.3 Å². The number of nitrogens with two attached hydrogens (primary N) is 1. The molecule has 0 spiro atoms. The van der Waals surface area contributed by atoms with Gasteiger partial charge in [-0.15, -0.1) is 0 Å². The summed E-state index contributed by atoms with van der Waals surface area (Å²) in [4.78, 5) is 31.2. The molecule has 0 aliphatic carbocycles. The Morgan fingerprint density at radius 1 is 1.30 bits per heavy atom. The molecule has 1 amide bonds. The molecule has 178 valence electrons. The molecule has 2 aromatic heterocycles. The highest BCUT2D eigenvalue weighted by molar-refractivity contribution is 5.96. The van der Waals surface area contributed by atoms with Crippen molar-refractivity contribution >= 4 is 23.5 Å². The maximum atomic E-state index is 13.7. The molecule has 3 N–H and O–H groups in total. The molecule has 33 heavy (non-hydrogen) atoms. The number of nitrogen functional groups attached to an aromatic ring is 1. The van der Waals surface area contributed by atoms with Crippen LogP contribution in [0.2, 0.25) is 0 Å². The molecule has 14 heteroatoms. The van der Waals surface area contributed by atoms with Gasteiger partial charge in [-0.25, -0.2) is 19.7 Å². The number of carbonyl (C=O) groups excluding carboxylic acids is 1. The van der Waals surface area contributed by atoms with Crippen LogP contribution in [-0.2, 0) is 15.7 Å². The number of ether oxygens (including phenoxy) is 2. The number of nitrogens with zero attached hydrogens (tertiary/aromatic N) is 6. The van der Waals surface area contributed by atoms with Crippen LogP contribution < -0.4 is 15.5 Å². The lowest BCUT2D eigenvalue weighted by molar-refractivity contribution is -0.140. The van der Waals surface area contributed by atoms with Crippen LogP contribution >= 0.6 is 0 Å². The summed E-state index contributed by atoms with van der Waals surface area (Å²) >= 11 is 0. The Hall–Kier alpha value is -3.26. The predicted octanol–water partition coefficient (Wildman–Crippen LogP) is 1.47. The van der Waals surface area contributed by atoms with Crippen molar-refractivity contribution in [2.45, 2.75) is 38.2 Å². The number of cyclic esters (lactones) is 1. The number of aliphatic hydroxyl groups excluding tert-OH is 1. The molecule has 0 radical (unpaired) electrons. The van der Waals surface area contributed by atoms with E-state index in [1.807, 2.05) is 6.92 Å². The smallest absolute Gasteiger partial charge is 0.434 e. The molecule has 3 atom stereocenters. The Balaban J connectivity index is 1.95. The maximum absolute atomic E-state index is 13.7. The molecular formula is C19H22F3N7O4. The first-order valence-electron chi connectivity index (χ1n) is 10.1. The fourth-order valence-electron chi connectivity index (χ4n) is 3.83. The number of halogens is 3. The average molecular weight is 469 g/mol.